The van der Waals surface area contributed by atoms with E-state index in [4.69, 9.17) is 5.73 Å². The third-order valence-corrected chi connectivity index (χ3v) is 3.17. The lowest BCUT2D eigenvalue weighted by molar-refractivity contribution is 0.0957. The molecule has 0 fully saturated rings. The molecule has 0 aliphatic carbocycles. The van der Waals surface area contributed by atoms with Gasteiger partial charge in [-0.2, -0.15) is 0 Å². The molecule has 0 spiro atoms. The standard InChI is InChI=1S/C11H14N4OS.ClH/c12-11-14-7-8(15-11)3-1-5-13-10(16)9-4-2-6-17-9;/h2,4,6-7H,1,3,5H2,(H,13,16)(H3,12,14,15);1H. The fourth-order valence-electron chi connectivity index (χ4n) is 1.48. The zero-order chi connectivity index (χ0) is 12.1. The first-order chi connectivity index (χ1) is 8.25. The number of hydrogen-bond donors (Lipinski definition) is 3. The van der Waals surface area contributed by atoms with Crippen molar-refractivity contribution >= 4 is 35.6 Å². The smallest absolute Gasteiger partial charge is 0.261 e. The second kappa shape index (κ2) is 7.03. The van der Waals surface area contributed by atoms with Crippen molar-refractivity contribution in [2.45, 2.75) is 12.8 Å². The van der Waals surface area contributed by atoms with Crippen LogP contribution in [0.5, 0.6) is 0 Å². The molecule has 0 aromatic carbocycles. The number of carbonyl (C=O) groups excluding carboxylic acids is 1. The molecule has 0 bridgehead atoms. The number of nitrogens with two attached hydrogens (primary N) is 1. The molecule has 0 aliphatic heterocycles. The molecule has 0 aliphatic rings. The maximum absolute atomic E-state index is 11.6. The van der Waals surface area contributed by atoms with Gasteiger partial charge in [-0.05, 0) is 24.3 Å². The Morgan fingerprint density at radius 2 is 2.39 bits per heavy atom. The van der Waals surface area contributed by atoms with Crippen LogP contribution in [0.3, 0.4) is 0 Å². The molecule has 2 rings (SSSR count). The summed E-state index contributed by atoms with van der Waals surface area (Å²) in [4.78, 5) is 19.2. The van der Waals surface area contributed by atoms with E-state index >= 15 is 0 Å². The lowest BCUT2D eigenvalue weighted by atomic mass is 10.2. The van der Waals surface area contributed by atoms with Crippen molar-refractivity contribution in [1.82, 2.24) is 15.3 Å². The molecule has 1 amide bonds. The molecule has 2 heterocycles. The lowest BCUT2D eigenvalue weighted by Crippen LogP contribution is -2.23. The Labute approximate surface area is 115 Å². The van der Waals surface area contributed by atoms with Crippen LogP contribution in [0.1, 0.15) is 21.8 Å². The number of amides is 1. The maximum atomic E-state index is 11.6. The summed E-state index contributed by atoms with van der Waals surface area (Å²) in [5, 5.41) is 4.76. The summed E-state index contributed by atoms with van der Waals surface area (Å²) in [6, 6.07) is 3.68. The Morgan fingerprint density at radius 3 is 3.00 bits per heavy atom. The molecule has 18 heavy (non-hydrogen) atoms. The number of hydrogen-bond acceptors (Lipinski definition) is 4. The number of anilines is 1. The Bertz CT molecular complexity index is 483. The number of thiophene rings is 1. The van der Waals surface area contributed by atoms with Gasteiger partial charge < -0.3 is 16.0 Å². The number of nitrogen functional groups attached to an aromatic ring is 1. The molecule has 4 N–H and O–H groups in total. The van der Waals surface area contributed by atoms with E-state index in [9.17, 15) is 4.79 Å². The number of aromatic nitrogens is 2. The van der Waals surface area contributed by atoms with Crippen LogP contribution in [0.4, 0.5) is 5.95 Å². The molecule has 5 nitrogen and oxygen atoms in total. The molecular weight excluding hydrogens is 272 g/mol. The summed E-state index contributed by atoms with van der Waals surface area (Å²) >= 11 is 1.44. The topological polar surface area (TPSA) is 83.8 Å². The second-order valence-electron chi connectivity index (χ2n) is 3.63. The number of nitrogens with one attached hydrogen (secondary N) is 2. The summed E-state index contributed by atoms with van der Waals surface area (Å²) < 4.78 is 0. The number of H-pyrrole nitrogens is 1. The van der Waals surface area contributed by atoms with Crippen molar-refractivity contribution in [1.29, 1.82) is 0 Å². The van der Waals surface area contributed by atoms with Gasteiger partial charge in [-0.15, -0.1) is 23.7 Å². The van der Waals surface area contributed by atoms with Crippen molar-refractivity contribution in [2.75, 3.05) is 12.3 Å². The summed E-state index contributed by atoms with van der Waals surface area (Å²) in [7, 11) is 0. The fraction of sp³-hybridized carbons (Fsp3) is 0.273. The maximum Gasteiger partial charge on any atom is 0.261 e. The Morgan fingerprint density at radius 1 is 1.56 bits per heavy atom. The zero-order valence-corrected chi connectivity index (χ0v) is 11.3. The highest BCUT2D eigenvalue weighted by atomic mass is 35.5. The number of halogens is 1. The second-order valence-corrected chi connectivity index (χ2v) is 4.58. The van der Waals surface area contributed by atoms with Crippen molar-refractivity contribution in [3.8, 4) is 0 Å². The minimum Gasteiger partial charge on any atom is -0.369 e. The lowest BCUT2D eigenvalue weighted by Gasteiger charge is -2.02. The van der Waals surface area contributed by atoms with Crippen LogP contribution >= 0.6 is 23.7 Å². The van der Waals surface area contributed by atoms with Gasteiger partial charge in [0, 0.05) is 12.2 Å². The van der Waals surface area contributed by atoms with E-state index in [-0.39, 0.29) is 18.3 Å². The number of aryl methyl sites for hydroxylation is 1. The normalized spacial score (nSPS) is 9.78. The molecule has 2 aromatic rings. The van der Waals surface area contributed by atoms with Gasteiger partial charge in [-0.3, -0.25) is 4.79 Å². The van der Waals surface area contributed by atoms with Crippen LogP contribution in [0, 0.1) is 0 Å². The molecule has 0 unspecified atom stereocenters. The third-order valence-electron chi connectivity index (χ3n) is 2.30. The minimum atomic E-state index is -0.0101. The van der Waals surface area contributed by atoms with Crippen LogP contribution in [0.2, 0.25) is 0 Å². The first-order valence-corrected chi connectivity index (χ1v) is 6.25. The quantitative estimate of drug-likeness (QED) is 0.733. The monoisotopic (exact) mass is 286 g/mol. The molecule has 0 atom stereocenters. The van der Waals surface area contributed by atoms with Gasteiger partial charge >= 0.3 is 0 Å². The van der Waals surface area contributed by atoms with E-state index in [1.165, 1.54) is 11.3 Å². The summed E-state index contributed by atoms with van der Waals surface area (Å²) in [5.74, 6) is 0.423. The van der Waals surface area contributed by atoms with E-state index in [0.717, 1.165) is 23.4 Å². The van der Waals surface area contributed by atoms with Crippen molar-refractivity contribution in [2.24, 2.45) is 0 Å². The fourth-order valence-corrected chi connectivity index (χ4v) is 2.12. The van der Waals surface area contributed by atoms with E-state index in [0.29, 0.717) is 12.5 Å². The number of nitrogens with zero attached hydrogens (tertiary/aromatic N) is 1. The van der Waals surface area contributed by atoms with Crippen molar-refractivity contribution < 1.29 is 4.79 Å². The van der Waals surface area contributed by atoms with Crippen LogP contribution in [0.25, 0.3) is 0 Å². The highest BCUT2D eigenvalue weighted by molar-refractivity contribution is 7.12. The van der Waals surface area contributed by atoms with Crippen LogP contribution in [-0.4, -0.2) is 22.4 Å². The highest BCUT2D eigenvalue weighted by Crippen LogP contribution is 2.07. The minimum absolute atomic E-state index is 0. The number of aromatic amines is 1. The predicted octanol–water partition coefficient (Wildman–Crippen LogP) is 1.84. The molecule has 0 radical (unpaired) electrons. The summed E-state index contributed by atoms with van der Waals surface area (Å²) in [5.41, 5.74) is 6.45. The van der Waals surface area contributed by atoms with E-state index < -0.39 is 0 Å². The molecule has 0 saturated heterocycles. The summed E-state index contributed by atoms with van der Waals surface area (Å²) in [6.45, 7) is 0.648. The molecule has 2 aromatic heterocycles. The van der Waals surface area contributed by atoms with Gasteiger partial charge in [0.05, 0.1) is 11.1 Å². The van der Waals surface area contributed by atoms with Gasteiger partial charge in [0.15, 0.2) is 5.95 Å². The first kappa shape index (κ1) is 14.5. The SMILES string of the molecule is Cl.Nc1ncc(CCCNC(=O)c2cccs2)[nH]1. The van der Waals surface area contributed by atoms with E-state index in [2.05, 4.69) is 15.3 Å². The molecule has 7 heteroatoms. The van der Waals surface area contributed by atoms with Gasteiger partial charge in [-0.1, -0.05) is 6.07 Å². The van der Waals surface area contributed by atoms with Gasteiger partial charge in [0.1, 0.15) is 0 Å². The molecular formula is C11H15ClN4OS. The van der Waals surface area contributed by atoms with Crippen LogP contribution in [-0.2, 0) is 6.42 Å². The predicted molar refractivity (Wildman–Crippen MR) is 75.2 cm³/mol. The van der Waals surface area contributed by atoms with E-state index in [1.54, 1.807) is 6.20 Å². The largest absolute Gasteiger partial charge is 0.369 e. The number of carbonyl (C=O) groups is 1. The number of rotatable bonds is 5. The van der Waals surface area contributed by atoms with Gasteiger partial charge in [0.25, 0.3) is 5.91 Å². The molecule has 0 saturated carbocycles. The average Bonchev–Trinajstić information content (AvgIpc) is 2.95. The van der Waals surface area contributed by atoms with Crippen molar-refractivity contribution in [3.63, 3.8) is 0 Å². The molecule has 98 valence electrons. The number of imidazole rings is 1. The third kappa shape index (κ3) is 4.05. The Kier molecular flexibility index (Phi) is 5.67. The van der Waals surface area contributed by atoms with Crippen molar-refractivity contribution in [3.05, 3.63) is 34.3 Å². The summed E-state index contributed by atoms with van der Waals surface area (Å²) in [6.07, 6.45) is 3.41. The van der Waals surface area contributed by atoms with Gasteiger partial charge in [0.2, 0.25) is 0 Å². The van der Waals surface area contributed by atoms with E-state index in [1.807, 2.05) is 17.5 Å². The Balaban J connectivity index is 0.00000162. The Hall–Kier alpha value is -1.53. The van der Waals surface area contributed by atoms with Gasteiger partial charge in [-0.25, -0.2) is 4.98 Å². The van der Waals surface area contributed by atoms with Crippen LogP contribution in [0.15, 0.2) is 23.7 Å². The zero-order valence-electron chi connectivity index (χ0n) is 9.68. The van der Waals surface area contributed by atoms with Crippen LogP contribution < -0.4 is 11.1 Å². The first-order valence-electron chi connectivity index (χ1n) is 5.37. The average molecular weight is 287 g/mol. The highest BCUT2D eigenvalue weighted by Gasteiger charge is 2.05.